The van der Waals surface area contributed by atoms with E-state index in [1.54, 1.807) is 11.3 Å². The van der Waals surface area contributed by atoms with Crippen LogP contribution < -0.4 is 10.6 Å². The van der Waals surface area contributed by atoms with E-state index in [-0.39, 0.29) is 18.3 Å². The first-order valence-electron chi connectivity index (χ1n) is 4.95. The summed E-state index contributed by atoms with van der Waals surface area (Å²) in [5.74, 6) is 0.750. The number of rotatable bonds is 4. The Bertz CT molecular complexity index is 354. The molecule has 6 heteroatoms. The number of nitrogens with one attached hydrogen (secondary N) is 2. The fraction of sp³-hybridized carbons (Fsp3) is 0.500. The SMILES string of the molecule is Cl.O=C(Cc1ccc(Br)s1)NCC1CNC1. The van der Waals surface area contributed by atoms with E-state index in [9.17, 15) is 4.79 Å². The smallest absolute Gasteiger partial charge is 0.225 e. The van der Waals surface area contributed by atoms with Gasteiger partial charge in [0.1, 0.15) is 0 Å². The Morgan fingerprint density at radius 2 is 2.31 bits per heavy atom. The third kappa shape index (κ3) is 4.05. The van der Waals surface area contributed by atoms with Crippen molar-refractivity contribution in [1.82, 2.24) is 10.6 Å². The second kappa shape index (κ2) is 6.59. The molecular weight excluding hydrogens is 312 g/mol. The minimum Gasteiger partial charge on any atom is -0.355 e. The Labute approximate surface area is 114 Å². The van der Waals surface area contributed by atoms with E-state index < -0.39 is 0 Å². The molecule has 1 saturated heterocycles. The fourth-order valence-corrected chi connectivity index (χ4v) is 2.90. The summed E-state index contributed by atoms with van der Waals surface area (Å²) in [5, 5.41) is 6.14. The summed E-state index contributed by atoms with van der Waals surface area (Å²) in [4.78, 5) is 12.6. The highest BCUT2D eigenvalue weighted by atomic mass is 79.9. The van der Waals surface area contributed by atoms with Crippen molar-refractivity contribution < 1.29 is 4.79 Å². The van der Waals surface area contributed by atoms with Crippen LogP contribution in [0.4, 0.5) is 0 Å². The number of amides is 1. The summed E-state index contributed by atoms with van der Waals surface area (Å²) in [7, 11) is 0. The molecule has 0 radical (unpaired) electrons. The lowest BCUT2D eigenvalue weighted by Crippen LogP contribution is -2.48. The molecule has 1 aromatic heterocycles. The van der Waals surface area contributed by atoms with Crippen LogP contribution in [-0.2, 0) is 11.2 Å². The molecule has 2 rings (SSSR count). The van der Waals surface area contributed by atoms with Crippen molar-refractivity contribution in [3.05, 3.63) is 20.8 Å². The van der Waals surface area contributed by atoms with E-state index in [4.69, 9.17) is 0 Å². The van der Waals surface area contributed by atoms with Crippen LogP contribution in [0.3, 0.4) is 0 Å². The molecule has 0 bridgehead atoms. The van der Waals surface area contributed by atoms with Crippen LogP contribution in [0.2, 0.25) is 0 Å². The van der Waals surface area contributed by atoms with Crippen molar-refractivity contribution in [2.75, 3.05) is 19.6 Å². The zero-order valence-electron chi connectivity index (χ0n) is 8.66. The minimum absolute atomic E-state index is 0. The minimum atomic E-state index is 0. The van der Waals surface area contributed by atoms with Gasteiger partial charge in [-0.2, -0.15) is 0 Å². The second-order valence-electron chi connectivity index (χ2n) is 3.71. The molecule has 0 aromatic carbocycles. The number of carbonyl (C=O) groups is 1. The Kier molecular flexibility index (Phi) is 5.75. The standard InChI is InChI=1S/C10H13BrN2OS.ClH/c11-9-2-1-8(15-9)3-10(14)13-6-7-4-12-5-7;/h1-2,7,12H,3-6H2,(H,13,14);1H. The number of halogens is 2. The van der Waals surface area contributed by atoms with Crippen LogP contribution in [-0.4, -0.2) is 25.5 Å². The van der Waals surface area contributed by atoms with Crippen molar-refractivity contribution in [2.24, 2.45) is 5.92 Å². The van der Waals surface area contributed by atoms with Crippen LogP contribution in [0.15, 0.2) is 15.9 Å². The summed E-state index contributed by atoms with van der Waals surface area (Å²) in [6, 6.07) is 3.96. The lowest BCUT2D eigenvalue weighted by atomic mass is 10.0. The first kappa shape index (κ1) is 14.0. The third-order valence-electron chi connectivity index (χ3n) is 2.42. The predicted molar refractivity (Wildman–Crippen MR) is 72.3 cm³/mol. The van der Waals surface area contributed by atoms with Crippen LogP contribution in [0, 0.1) is 5.92 Å². The van der Waals surface area contributed by atoms with Crippen LogP contribution >= 0.6 is 39.7 Å². The van der Waals surface area contributed by atoms with Gasteiger partial charge in [-0.25, -0.2) is 0 Å². The van der Waals surface area contributed by atoms with Gasteiger partial charge in [0.05, 0.1) is 10.2 Å². The molecular formula is C10H14BrClN2OS. The molecule has 2 heterocycles. The predicted octanol–water partition coefficient (Wildman–Crippen LogP) is 1.81. The molecule has 3 nitrogen and oxygen atoms in total. The molecule has 90 valence electrons. The maximum Gasteiger partial charge on any atom is 0.225 e. The monoisotopic (exact) mass is 324 g/mol. The lowest BCUT2D eigenvalue weighted by molar-refractivity contribution is -0.120. The molecule has 0 aliphatic carbocycles. The summed E-state index contributed by atoms with van der Waals surface area (Å²) in [6.45, 7) is 2.87. The van der Waals surface area contributed by atoms with Gasteiger partial charge in [-0.1, -0.05) is 0 Å². The zero-order chi connectivity index (χ0) is 10.7. The molecule has 1 aliphatic heterocycles. The molecule has 0 atom stereocenters. The van der Waals surface area contributed by atoms with Gasteiger partial charge in [-0.05, 0) is 28.1 Å². The van der Waals surface area contributed by atoms with E-state index in [2.05, 4.69) is 26.6 Å². The van der Waals surface area contributed by atoms with Gasteiger partial charge >= 0.3 is 0 Å². The first-order valence-corrected chi connectivity index (χ1v) is 6.56. The highest BCUT2D eigenvalue weighted by Crippen LogP contribution is 2.22. The fourth-order valence-electron chi connectivity index (χ4n) is 1.42. The van der Waals surface area contributed by atoms with Gasteiger partial charge in [0.25, 0.3) is 0 Å². The van der Waals surface area contributed by atoms with Crippen LogP contribution in [0.1, 0.15) is 4.88 Å². The summed E-state index contributed by atoms with van der Waals surface area (Å²) in [5.41, 5.74) is 0. The molecule has 1 amide bonds. The average Bonchev–Trinajstić information content (AvgIpc) is 2.48. The number of carbonyl (C=O) groups excluding carboxylic acids is 1. The molecule has 1 aromatic rings. The van der Waals surface area contributed by atoms with Gasteiger partial charge in [-0.15, -0.1) is 23.7 Å². The molecule has 2 N–H and O–H groups in total. The van der Waals surface area contributed by atoms with E-state index in [1.807, 2.05) is 12.1 Å². The van der Waals surface area contributed by atoms with Crippen molar-refractivity contribution >= 4 is 45.6 Å². The molecule has 1 aliphatic rings. The summed E-state index contributed by atoms with van der Waals surface area (Å²) >= 11 is 5.00. The number of hydrogen-bond donors (Lipinski definition) is 2. The highest BCUT2D eigenvalue weighted by molar-refractivity contribution is 9.11. The Hall–Kier alpha value is -0.100. The average molecular weight is 326 g/mol. The van der Waals surface area contributed by atoms with E-state index in [0.29, 0.717) is 12.3 Å². The third-order valence-corrected chi connectivity index (χ3v) is 4.04. The van der Waals surface area contributed by atoms with E-state index in [0.717, 1.165) is 28.3 Å². The van der Waals surface area contributed by atoms with Crippen molar-refractivity contribution in [2.45, 2.75) is 6.42 Å². The van der Waals surface area contributed by atoms with Crippen LogP contribution in [0.25, 0.3) is 0 Å². The van der Waals surface area contributed by atoms with Crippen molar-refractivity contribution in [3.63, 3.8) is 0 Å². The summed E-state index contributed by atoms with van der Waals surface area (Å²) < 4.78 is 1.08. The van der Waals surface area contributed by atoms with E-state index >= 15 is 0 Å². The maximum absolute atomic E-state index is 11.5. The highest BCUT2D eigenvalue weighted by Gasteiger charge is 2.17. The van der Waals surface area contributed by atoms with Crippen molar-refractivity contribution in [1.29, 1.82) is 0 Å². The Balaban J connectivity index is 0.00000128. The lowest BCUT2D eigenvalue weighted by Gasteiger charge is -2.27. The van der Waals surface area contributed by atoms with Gasteiger partial charge in [0.15, 0.2) is 0 Å². The molecule has 0 saturated carbocycles. The second-order valence-corrected chi connectivity index (χ2v) is 6.26. The number of thiophene rings is 1. The van der Waals surface area contributed by atoms with Gasteiger partial charge < -0.3 is 10.6 Å². The summed E-state index contributed by atoms with van der Waals surface area (Å²) in [6.07, 6.45) is 0.496. The molecule has 0 unspecified atom stereocenters. The van der Waals surface area contributed by atoms with Crippen LogP contribution in [0.5, 0.6) is 0 Å². The molecule has 16 heavy (non-hydrogen) atoms. The normalized spacial score (nSPS) is 15.1. The maximum atomic E-state index is 11.5. The number of hydrogen-bond acceptors (Lipinski definition) is 3. The zero-order valence-corrected chi connectivity index (χ0v) is 11.9. The van der Waals surface area contributed by atoms with Gasteiger partial charge in [0, 0.05) is 30.4 Å². The Morgan fingerprint density at radius 1 is 1.56 bits per heavy atom. The molecule has 0 spiro atoms. The Morgan fingerprint density at radius 3 is 2.81 bits per heavy atom. The van der Waals surface area contributed by atoms with Crippen molar-refractivity contribution in [3.8, 4) is 0 Å². The first-order chi connectivity index (χ1) is 7.24. The quantitative estimate of drug-likeness (QED) is 0.886. The largest absolute Gasteiger partial charge is 0.355 e. The van der Waals surface area contributed by atoms with Gasteiger partial charge in [0.2, 0.25) is 5.91 Å². The van der Waals surface area contributed by atoms with Gasteiger partial charge in [-0.3, -0.25) is 4.79 Å². The van der Waals surface area contributed by atoms with E-state index in [1.165, 1.54) is 0 Å². The topological polar surface area (TPSA) is 41.1 Å². The molecule has 1 fully saturated rings.